The van der Waals surface area contributed by atoms with Gasteiger partial charge in [-0.15, -0.1) is 0 Å². The van der Waals surface area contributed by atoms with Crippen LogP contribution in [0.3, 0.4) is 0 Å². The van der Waals surface area contributed by atoms with Crippen LogP contribution in [0.4, 0.5) is 0 Å². The summed E-state index contributed by atoms with van der Waals surface area (Å²) >= 11 is 0. The van der Waals surface area contributed by atoms with Crippen molar-refractivity contribution in [3.8, 4) is 0 Å². The summed E-state index contributed by atoms with van der Waals surface area (Å²) in [5, 5.41) is 6.92. The molecule has 1 aromatic carbocycles. The van der Waals surface area contributed by atoms with Gasteiger partial charge in [-0.2, -0.15) is 5.10 Å². The smallest absolute Gasteiger partial charge is 0.137 e. The number of likely N-dealkylation sites (tertiary alicyclic amines) is 1. The number of nitrogens with zero attached hydrogens (tertiary/aromatic N) is 3. The molecule has 5 nitrogen and oxygen atoms in total. The summed E-state index contributed by atoms with van der Waals surface area (Å²) in [6.07, 6.45) is 3.89. The van der Waals surface area contributed by atoms with Gasteiger partial charge in [0.1, 0.15) is 12.2 Å². The van der Waals surface area contributed by atoms with Crippen LogP contribution < -0.4 is 0 Å². The summed E-state index contributed by atoms with van der Waals surface area (Å²) in [4.78, 5) is 6.73. The second-order valence-corrected chi connectivity index (χ2v) is 5.52. The third kappa shape index (κ3) is 4.12. The number of aromatic nitrogens is 3. The van der Waals surface area contributed by atoms with E-state index in [9.17, 15) is 0 Å². The predicted molar refractivity (Wildman–Crippen MR) is 80.9 cm³/mol. The molecule has 0 unspecified atom stereocenters. The fraction of sp³-hybridized carbons (Fsp3) is 0.500. The molecule has 0 amide bonds. The first-order valence-corrected chi connectivity index (χ1v) is 7.61. The monoisotopic (exact) mass is 286 g/mol. The Bertz CT molecular complexity index is 506. The van der Waals surface area contributed by atoms with Gasteiger partial charge >= 0.3 is 0 Å². The lowest BCUT2D eigenvalue weighted by Gasteiger charge is -2.30. The van der Waals surface area contributed by atoms with Gasteiger partial charge in [0.15, 0.2) is 0 Å². The molecule has 2 heterocycles. The molecule has 1 saturated heterocycles. The zero-order chi connectivity index (χ0) is 14.3. The van der Waals surface area contributed by atoms with Crippen molar-refractivity contribution < 1.29 is 4.74 Å². The molecule has 1 aliphatic rings. The zero-order valence-corrected chi connectivity index (χ0v) is 12.2. The number of ether oxygens (including phenoxy) is 1. The Hall–Kier alpha value is -1.72. The van der Waals surface area contributed by atoms with Crippen molar-refractivity contribution in [2.24, 2.45) is 0 Å². The molecule has 3 rings (SSSR count). The summed E-state index contributed by atoms with van der Waals surface area (Å²) in [5.41, 5.74) is 1.24. The molecule has 0 bridgehead atoms. The molecule has 1 N–H and O–H groups in total. The molecule has 0 spiro atoms. The number of nitrogens with one attached hydrogen (secondary N) is 1. The lowest BCUT2D eigenvalue weighted by atomic mass is 9.96. The average molecular weight is 286 g/mol. The summed E-state index contributed by atoms with van der Waals surface area (Å²) in [7, 11) is 0. The van der Waals surface area contributed by atoms with Gasteiger partial charge in [-0.3, -0.25) is 5.10 Å². The van der Waals surface area contributed by atoms with Gasteiger partial charge in [0.2, 0.25) is 0 Å². The van der Waals surface area contributed by atoms with Crippen LogP contribution in [0.25, 0.3) is 0 Å². The maximum atomic E-state index is 5.75. The van der Waals surface area contributed by atoms with E-state index < -0.39 is 0 Å². The average Bonchev–Trinajstić information content (AvgIpc) is 3.08. The third-order valence-electron chi connectivity index (χ3n) is 4.07. The zero-order valence-electron chi connectivity index (χ0n) is 12.2. The highest BCUT2D eigenvalue weighted by atomic mass is 16.5. The molecule has 1 aliphatic heterocycles. The number of rotatable bonds is 6. The first-order chi connectivity index (χ1) is 10.4. The van der Waals surface area contributed by atoms with Crippen LogP contribution in [-0.2, 0) is 11.3 Å². The van der Waals surface area contributed by atoms with Gasteiger partial charge in [-0.1, -0.05) is 30.3 Å². The van der Waals surface area contributed by atoms with Crippen molar-refractivity contribution in [1.29, 1.82) is 0 Å². The number of H-pyrrole nitrogens is 1. The number of benzene rings is 1. The summed E-state index contributed by atoms with van der Waals surface area (Å²) < 4.78 is 5.75. The molecule has 0 saturated carbocycles. The molecular weight excluding hydrogens is 264 g/mol. The highest BCUT2D eigenvalue weighted by Gasteiger charge is 2.22. The van der Waals surface area contributed by atoms with E-state index in [1.807, 2.05) is 18.2 Å². The third-order valence-corrected chi connectivity index (χ3v) is 4.07. The van der Waals surface area contributed by atoms with E-state index in [0.717, 1.165) is 44.9 Å². The SMILES string of the molecule is c1ccc(COCCN2CCC(c3ncn[nH]3)CC2)cc1. The van der Waals surface area contributed by atoms with E-state index in [-0.39, 0.29) is 0 Å². The Morgan fingerprint density at radius 3 is 2.71 bits per heavy atom. The molecule has 0 atom stereocenters. The molecule has 0 radical (unpaired) electrons. The first-order valence-electron chi connectivity index (χ1n) is 7.61. The number of hydrogen-bond donors (Lipinski definition) is 1. The maximum absolute atomic E-state index is 5.75. The van der Waals surface area contributed by atoms with Crippen LogP contribution in [0.2, 0.25) is 0 Å². The fourth-order valence-corrected chi connectivity index (χ4v) is 2.80. The lowest BCUT2D eigenvalue weighted by Crippen LogP contribution is -2.35. The predicted octanol–water partition coefficient (Wildman–Crippen LogP) is 2.20. The van der Waals surface area contributed by atoms with Crippen molar-refractivity contribution in [2.45, 2.75) is 25.4 Å². The van der Waals surface area contributed by atoms with Gasteiger partial charge in [0, 0.05) is 12.5 Å². The second kappa shape index (κ2) is 7.33. The van der Waals surface area contributed by atoms with Crippen molar-refractivity contribution in [3.05, 3.63) is 48.0 Å². The van der Waals surface area contributed by atoms with Gasteiger partial charge in [-0.05, 0) is 31.5 Å². The molecular formula is C16H22N4O. The molecule has 1 fully saturated rings. The molecule has 0 aliphatic carbocycles. The minimum atomic E-state index is 0.536. The minimum absolute atomic E-state index is 0.536. The van der Waals surface area contributed by atoms with E-state index in [1.54, 1.807) is 6.33 Å². The Morgan fingerprint density at radius 1 is 1.19 bits per heavy atom. The maximum Gasteiger partial charge on any atom is 0.137 e. The molecule has 1 aromatic heterocycles. The van der Waals surface area contributed by atoms with Crippen LogP contribution in [0.5, 0.6) is 0 Å². The highest BCUT2D eigenvalue weighted by Crippen LogP contribution is 2.24. The second-order valence-electron chi connectivity index (χ2n) is 5.52. The van der Waals surface area contributed by atoms with Gasteiger partial charge in [0.25, 0.3) is 0 Å². The van der Waals surface area contributed by atoms with Crippen molar-refractivity contribution in [2.75, 3.05) is 26.2 Å². The lowest BCUT2D eigenvalue weighted by molar-refractivity contribution is 0.0836. The summed E-state index contributed by atoms with van der Waals surface area (Å²) in [6, 6.07) is 10.3. The van der Waals surface area contributed by atoms with Crippen molar-refractivity contribution in [1.82, 2.24) is 20.1 Å². The van der Waals surface area contributed by atoms with Gasteiger partial charge < -0.3 is 9.64 Å². The Balaban J connectivity index is 1.33. The first kappa shape index (κ1) is 14.2. The largest absolute Gasteiger partial charge is 0.375 e. The molecule has 2 aromatic rings. The quantitative estimate of drug-likeness (QED) is 0.827. The number of piperidine rings is 1. The van der Waals surface area contributed by atoms with Gasteiger partial charge in [0.05, 0.1) is 13.2 Å². The summed E-state index contributed by atoms with van der Waals surface area (Å²) in [6.45, 7) is 4.73. The Morgan fingerprint density at radius 2 is 2.00 bits per heavy atom. The van der Waals surface area contributed by atoms with Crippen LogP contribution >= 0.6 is 0 Å². The number of hydrogen-bond acceptors (Lipinski definition) is 4. The van der Waals surface area contributed by atoms with Crippen molar-refractivity contribution >= 4 is 0 Å². The normalized spacial score (nSPS) is 17.1. The number of aromatic amines is 1. The minimum Gasteiger partial charge on any atom is -0.375 e. The van der Waals surface area contributed by atoms with E-state index in [2.05, 4.69) is 32.2 Å². The highest BCUT2D eigenvalue weighted by molar-refractivity contribution is 5.13. The molecule has 5 heteroatoms. The van der Waals surface area contributed by atoms with E-state index in [4.69, 9.17) is 4.74 Å². The standard InChI is InChI=1S/C16H22N4O/c1-2-4-14(5-3-1)12-21-11-10-20-8-6-15(7-9-20)16-17-13-18-19-16/h1-5,13,15H,6-12H2,(H,17,18,19). The van der Waals surface area contributed by atoms with E-state index in [1.165, 1.54) is 5.56 Å². The van der Waals surface area contributed by atoms with Crippen LogP contribution in [0.15, 0.2) is 36.7 Å². The van der Waals surface area contributed by atoms with E-state index in [0.29, 0.717) is 12.5 Å². The van der Waals surface area contributed by atoms with Crippen LogP contribution in [0, 0.1) is 0 Å². The van der Waals surface area contributed by atoms with Crippen molar-refractivity contribution in [3.63, 3.8) is 0 Å². The topological polar surface area (TPSA) is 54.0 Å². The van der Waals surface area contributed by atoms with Crippen LogP contribution in [0.1, 0.15) is 30.1 Å². The Labute approximate surface area is 125 Å². The summed E-state index contributed by atoms with van der Waals surface area (Å²) in [5.74, 6) is 1.57. The molecule has 112 valence electrons. The Kier molecular flexibility index (Phi) is 4.97. The van der Waals surface area contributed by atoms with Crippen LogP contribution in [-0.4, -0.2) is 46.3 Å². The van der Waals surface area contributed by atoms with E-state index >= 15 is 0 Å². The van der Waals surface area contributed by atoms with Gasteiger partial charge in [-0.25, -0.2) is 4.98 Å². The molecule has 21 heavy (non-hydrogen) atoms. The fourth-order valence-electron chi connectivity index (χ4n) is 2.80.